The highest BCUT2D eigenvalue weighted by molar-refractivity contribution is 5.63. The summed E-state index contributed by atoms with van der Waals surface area (Å²) in [4.78, 5) is 6.79. The molecule has 0 saturated carbocycles. The summed E-state index contributed by atoms with van der Waals surface area (Å²) in [5.74, 6) is 0. The fourth-order valence-corrected chi connectivity index (χ4v) is 2.75. The summed E-state index contributed by atoms with van der Waals surface area (Å²) in [5.41, 5.74) is 4.95. The van der Waals surface area contributed by atoms with Crippen LogP contribution in [0, 0.1) is 0 Å². The molecule has 0 spiro atoms. The Balaban J connectivity index is 1.75. The van der Waals surface area contributed by atoms with Gasteiger partial charge in [0.2, 0.25) is 0 Å². The van der Waals surface area contributed by atoms with Gasteiger partial charge in [-0.1, -0.05) is 54.6 Å². The van der Waals surface area contributed by atoms with E-state index in [4.69, 9.17) is 0 Å². The lowest BCUT2D eigenvalue weighted by molar-refractivity contribution is 0.248. The molecule has 3 rings (SSSR count). The third kappa shape index (κ3) is 3.85. The van der Waals surface area contributed by atoms with Crippen LogP contribution in [0.3, 0.4) is 0 Å². The number of benzene rings is 2. The first-order valence-corrected chi connectivity index (χ1v) is 7.99. The van der Waals surface area contributed by atoms with Crippen molar-refractivity contribution in [3.8, 4) is 11.1 Å². The Kier molecular flexibility index (Phi) is 4.84. The molecule has 3 aromatic rings. The summed E-state index contributed by atoms with van der Waals surface area (Å²) < 4.78 is 0. The van der Waals surface area contributed by atoms with Gasteiger partial charge in [0, 0.05) is 18.8 Å². The van der Waals surface area contributed by atoms with E-state index in [1.807, 2.05) is 18.3 Å². The highest BCUT2D eigenvalue weighted by Gasteiger charge is 2.13. The Hall–Kier alpha value is -2.45. The molecule has 0 amide bonds. The maximum absolute atomic E-state index is 4.46. The van der Waals surface area contributed by atoms with Gasteiger partial charge in [-0.2, -0.15) is 0 Å². The molecule has 0 aliphatic rings. The monoisotopic (exact) mass is 302 g/mol. The van der Waals surface area contributed by atoms with E-state index in [2.05, 4.69) is 84.5 Å². The van der Waals surface area contributed by atoms with E-state index in [0.717, 1.165) is 12.2 Å². The molecular formula is C21H22N2. The van der Waals surface area contributed by atoms with E-state index in [9.17, 15) is 0 Å². The molecule has 0 fully saturated rings. The molecule has 0 N–H and O–H groups in total. The minimum Gasteiger partial charge on any atom is -0.294 e. The Morgan fingerprint density at radius 2 is 1.61 bits per heavy atom. The summed E-state index contributed by atoms with van der Waals surface area (Å²) in [6, 6.07) is 25.7. The highest BCUT2D eigenvalue weighted by Crippen LogP contribution is 2.23. The molecule has 2 aromatic carbocycles. The molecule has 0 bridgehead atoms. The largest absolute Gasteiger partial charge is 0.294 e. The first kappa shape index (κ1) is 15.4. The molecule has 0 aliphatic carbocycles. The van der Waals surface area contributed by atoms with Crippen LogP contribution in [0.5, 0.6) is 0 Å². The number of hydrogen-bond acceptors (Lipinski definition) is 2. The van der Waals surface area contributed by atoms with Gasteiger partial charge in [0.15, 0.2) is 0 Å². The normalized spacial score (nSPS) is 12.3. The lowest BCUT2D eigenvalue weighted by Gasteiger charge is -2.24. The first-order valence-electron chi connectivity index (χ1n) is 7.99. The van der Waals surface area contributed by atoms with Crippen molar-refractivity contribution in [3.63, 3.8) is 0 Å². The fourth-order valence-electron chi connectivity index (χ4n) is 2.75. The third-order valence-corrected chi connectivity index (χ3v) is 4.24. The van der Waals surface area contributed by atoms with Gasteiger partial charge in [-0.3, -0.25) is 9.88 Å². The van der Waals surface area contributed by atoms with Crippen molar-refractivity contribution in [1.82, 2.24) is 9.88 Å². The van der Waals surface area contributed by atoms with Crippen LogP contribution in [0.25, 0.3) is 11.1 Å². The topological polar surface area (TPSA) is 16.1 Å². The van der Waals surface area contributed by atoms with Crippen molar-refractivity contribution in [2.45, 2.75) is 19.5 Å². The van der Waals surface area contributed by atoms with E-state index in [1.165, 1.54) is 16.7 Å². The van der Waals surface area contributed by atoms with Crippen molar-refractivity contribution in [2.24, 2.45) is 0 Å². The van der Waals surface area contributed by atoms with Crippen LogP contribution in [0.15, 0.2) is 79.0 Å². The predicted octanol–water partition coefficient (Wildman–Crippen LogP) is 4.94. The van der Waals surface area contributed by atoms with Gasteiger partial charge in [0.05, 0.1) is 5.69 Å². The molecule has 2 nitrogen and oxygen atoms in total. The summed E-state index contributed by atoms with van der Waals surface area (Å²) in [6.07, 6.45) is 1.86. The predicted molar refractivity (Wildman–Crippen MR) is 96.0 cm³/mol. The maximum atomic E-state index is 4.46. The summed E-state index contributed by atoms with van der Waals surface area (Å²) in [6.45, 7) is 3.10. The Morgan fingerprint density at radius 3 is 2.35 bits per heavy atom. The molecule has 1 heterocycles. The fraction of sp³-hybridized carbons (Fsp3) is 0.190. The lowest BCUT2D eigenvalue weighted by Crippen LogP contribution is -2.22. The van der Waals surface area contributed by atoms with E-state index < -0.39 is 0 Å². The minimum absolute atomic E-state index is 0.289. The zero-order valence-electron chi connectivity index (χ0n) is 13.7. The van der Waals surface area contributed by atoms with Gasteiger partial charge in [-0.15, -0.1) is 0 Å². The SMILES string of the molecule is C[C@@H](c1ccccn1)N(C)Cc1cccc(-c2ccccc2)c1. The molecular weight excluding hydrogens is 280 g/mol. The summed E-state index contributed by atoms with van der Waals surface area (Å²) in [5, 5.41) is 0. The van der Waals surface area contributed by atoms with E-state index in [1.54, 1.807) is 0 Å². The zero-order valence-corrected chi connectivity index (χ0v) is 13.7. The van der Waals surface area contributed by atoms with Crippen LogP contribution in [-0.2, 0) is 6.54 Å². The molecule has 1 aromatic heterocycles. The molecule has 0 aliphatic heterocycles. The molecule has 116 valence electrons. The third-order valence-electron chi connectivity index (χ3n) is 4.24. The zero-order chi connectivity index (χ0) is 16.1. The Morgan fingerprint density at radius 1 is 0.870 bits per heavy atom. The Bertz CT molecular complexity index is 738. The minimum atomic E-state index is 0.289. The maximum Gasteiger partial charge on any atom is 0.0572 e. The van der Waals surface area contributed by atoms with Crippen LogP contribution in [-0.4, -0.2) is 16.9 Å². The van der Waals surface area contributed by atoms with Crippen molar-refractivity contribution in [3.05, 3.63) is 90.3 Å². The van der Waals surface area contributed by atoms with Crippen molar-refractivity contribution < 1.29 is 0 Å². The second-order valence-electron chi connectivity index (χ2n) is 5.91. The van der Waals surface area contributed by atoms with Gasteiger partial charge >= 0.3 is 0 Å². The summed E-state index contributed by atoms with van der Waals surface area (Å²) >= 11 is 0. The molecule has 0 unspecified atom stereocenters. The van der Waals surface area contributed by atoms with Crippen molar-refractivity contribution >= 4 is 0 Å². The van der Waals surface area contributed by atoms with E-state index >= 15 is 0 Å². The Labute approximate surface area is 138 Å². The van der Waals surface area contributed by atoms with Crippen molar-refractivity contribution in [1.29, 1.82) is 0 Å². The molecule has 23 heavy (non-hydrogen) atoms. The first-order chi connectivity index (χ1) is 11.2. The smallest absolute Gasteiger partial charge is 0.0572 e. The van der Waals surface area contributed by atoms with Crippen LogP contribution in [0.2, 0.25) is 0 Å². The second-order valence-corrected chi connectivity index (χ2v) is 5.91. The molecule has 0 radical (unpaired) electrons. The van der Waals surface area contributed by atoms with Gasteiger partial charge in [0.25, 0.3) is 0 Å². The summed E-state index contributed by atoms with van der Waals surface area (Å²) in [7, 11) is 2.15. The number of aromatic nitrogens is 1. The molecule has 1 atom stereocenters. The number of pyridine rings is 1. The molecule has 2 heteroatoms. The lowest BCUT2D eigenvalue weighted by atomic mass is 10.0. The van der Waals surface area contributed by atoms with E-state index in [-0.39, 0.29) is 6.04 Å². The van der Waals surface area contributed by atoms with Gasteiger partial charge in [-0.25, -0.2) is 0 Å². The van der Waals surface area contributed by atoms with Crippen LogP contribution < -0.4 is 0 Å². The van der Waals surface area contributed by atoms with Gasteiger partial charge in [-0.05, 0) is 48.9 Å². The average molecular weight is 302 g/mol. The quantitative estimate of drug-likeness (QED) is 0.663. The highest BCUT2D eigenvalue weighted by atomic mass is 15.1. The van der Waals surface area contributed by atoms with Gasteiger partial charge < -0.3 is 0 Å². The van der Waals surface area contributed by atoms with Gasteiger partial charge in [0.1, 0.15) is 0 Å². The van der Waals surface area contributed by atoms with E-state index in [0.29, 0.717) is 0 Å². The van der Waals surface area contributed by atoms with Crippen LogP contribution in [0.4, 0.5) is 0 Å². The number of rotatable bonds is 5. The second kappa shape index (κ2) is 7.21. The molecule has 0 saturated heterocycles. The van der Waals surface area contributed by atoms with Crippen LogP contribution in [0.1, 0.15) is 24.2 Å². The van der Waals surface area contributed by atoms with Crippen LogP contribution >= 0.6 is 0 Å². The number of hydrogen-bond donors (Lipinski definition) is 0. The number of nitrogens with zero attached hydrogens (tertiary/aromatic N) is 2. The average Bonchev–Trinajstić information content (AvgIpc) is 2.63. The standard InChI is InChI=1S/C21H22N2/c1-17(21-13-6-7-14-22-21)23(2)16-18-9-8-12-20(15-18)19-10-4-3-5-11-19/h3-15,17H,16H2,1-2H3/t17-/m0/s1. The van der Waals surface area contributed by atoms with Crippen molar-refractivity contribution in [2.75, 3.05) is 7.05 Å².